The third-order valence-corrected chi connectivity index (χ3v) is 3.51. The highest BCUT2D eigenvalue weighted by atomic mass is 16.5. The van der Waals surface area contributed by atoms with Crippen molar-refractivity contribution in [3.8, 4) is 5.75 Å². The molecule has 21 heavy (non-hydrogen) atoms. The zero-order valence-corrected chi connectivity index (χ0v) is 12.3. The maximum atomic E-state index is 11.7. The average Bonchev–Trinajstić information content (AvgIpc) is 2.99. The maximum absolute atomic E-state index is 11.7. The summed E-state index contributed by atoms with van der Waals surface area (Å²) >= 11 is 0. The fourth-order valence-corrected chi connectivity index (χ4v) is 2.39. The summed E-state index contributed by atoms with van der Waals surface area (Å²) in [7, 11) is 1.59. The minimum absolute atomic E-state index is 0.249. The van der Waals surface area contributed by atoms with Gasteiger partial charge in [-0.1, -0.05) is 0 Å². The van der Waals surface area contributed by atoms with Crippen LogP contribution in [0.5, 0.6) is 5.75 Å². The summed E-state index contributed by atoms with van der Waals surface area (Å²) in [5.74, 6) is 0.738. The standard InChI is InChI=1S/C15H23N3O3/c1-21-14-6-4-12(5-7-14)17-15(20)16-10-13(19)11-18-8-2-3-9-18/h4-7,13,19H,2-3,8-11H2,1H3,(H2,16,17,20). The van der Waals surface area contributed by atoms with E-state index in [4.69, 9.17) is 4.74 Å². The van der Waals surface area contributed by atoms with E-state index in [-0.39, 0.29) is 12.6 Å². The van der Waals surface area contributed by atoms with Crippen molar-refractivity contribution in [1.29, 1.82) is 0 Å². The molecule has 1 aliphatic heterocycles. The number of ether oxygens (including phenoxy) is 1. The third-order valence-electron chi connectivity index (χ3n) is 3.51. The van der Waals surface area contributed by atoms with E-state index < -0.39 is 6.10 Å². The first-order valence-electron chi connectivity index (χ1n) is 7.26. The summed E-state index contributed by atoms with van der Waals surface area (Å²) < 4.78 is 5.05. The molecule has 6 heteroatoms. The molecule has 6 nitrogen and oxygen atoms in total. The van der Waals surface area contributed by atoms with Crippen LogP contribution in [0.4, 0.5) is 10.5 Å². The number of β-amino-alcohol motifs (C(OH)–C–C–N with tert-alkyl or cyclic N) is 1. The second-order valence-corrected chi connectivity index (χ2v) is 5.23. The molecule has 1 aliphatic rings. The molecular formula is C15H23N3O3. The Bertz CT molecular complexity index is 444. The van der Waals surface area contributed by atoms with Gasteiger partial charge in [0.15, 0.2) is 0 Å². The number of anilines is 1. The summed E-state index contributed by atoms with van der Waals surface area (Å²) in [5, 5.41) is 15.3. The van der Waals surface area contributed by atoms with Gasteiger partial charge in [0.05, 0.1) is 13.2 Å². The molecule has 2 rings (SSSR count). The molecule has 1 heterocycles. The van der Waals surface area contributed by atoms with Crippen LogP contribution in [-0.2, 0) is 0 Å². The molecule has 1 saturated heterocycles. The Hall–Kier alpha value is -1.79. The van der Waals surface area contributed by atoms with Gasteiger partial charge in [0.1, 0.15) is 5.75 Å². The third kappa shape index (κ3) is 5.24. The van der Waals surface area contributed by atoms with Crippen molar-refractivity contribution in [1.82, 2.24) is 10.2 Å². The van der Waals surface area contributed by atoms with Gasteiger partial charge in [-0.2, -0.15) is 0 Å². The highest BCUT2D eigenvalue weighted by molar-refractivity contribution is 5.89. The Morgan fingerprint density at radius 1 is 1.33 bits per heavy atom. The molecule has 1 aromatic rings. The van der Waals surface area contributed by atoms with Crippen molar-refractivity contribution in [3.05, 3.63) is 24.3 Å². The molecule has 1 atom stereocenters. The van der Waals surface area contributed by atoms with Crippen LogP contribution >= 0.6 is 0 Å². The first-order chi connectivity index (χ1) is 10.2. The molecule has 0 radical (unpaired) electrons. The van der Waals surface area contributed by atoms with Crippen molar-refractivity contribution < 1.29 is 14.6 Å². The molecule has 0 bridgehead atoms. The van der Waals surface area contributed by atoms with Crippen molar-refractivity contribution in [2.24, 2.45) is 0 Å². The quantitative estimate of drug-likeness (QED) is 0.738. The van der Waals surface area contributed by atoms with Gasteiger partial charge in [-0.15, -0.1) is 0 Å². The van der Waals surface area contributed by atoms with Crippen LogP contribution < -0.4 is 15.4 Å². The van der Waals surface area contributed by atoms with Crippen LogP contribution in [0, 0.1) is 0 Å². The van der Waals surface area contributed by atoms with E-state index in [9.17, 15) is 9.90 Å². The predicted octanol–water partition coefficient (Wildman–Crippen LogP) is 1.27. The fourth-order valence-electron chi connectivity index (χ4n) is 2.39. The highest BCUT2D eigenvalue weighted by Gasteiger charge is 2.16. The minimum Gasteiger partial charge on any atom is -0.497 e. The number of hydrogen-bond acceptors (Lipinski definition) is 4. The lowest BCUT2D eigenvalue weighted by atomic mass is 10.3. The van der Waals surface area contributed by atoms with Crippen molar-refractivity contribution >= 4 is 11.7 Å². The summed E-state index contributed by atoms with van der Waals surface area (Å²) in [4.78, 5) is 13.9. The molecule has 3 N–H and O–H groups in total. The number of methoxy groups -OCH3 is 1. The summed E-state index contributed by atoms with van der Waals surface area (Å²) in [6.07, 6.45) is 1.85. The Morgan fingerprint density at radius 3 is 2.62 bits per heavy atom. The topological polar surface area (TPSA) is 73.8 Å². The van der Waals surface area contributed by atoms with Crippen LogP contribution in [0.1, 0.15) is 12.8 Å². The normalized spacial score (nSPS) is 16.5. The number of carbonyl (C=O) groups excluding carboxylic acids is 1. The molecule has 116 valence electrons. The Kier molecular flexibility index (Phi) is 5.83. The number of likely N-dealkylation sites (tertiary alicyclic amines) is 1. The fraction of sp³-hybridized carbons (Fsp3) is 0.533. The molecule has 1 unspecified atom stereocenters. The number of rotatable bonds is 6. The zero-order valence-electron chi connectivity index (χ0n) is 12.3. The van der Waals surface area contributed by atoms with E-state index in [0.717, 1.165) is 18.8 Å². The molecule has 0 aliphatic carbocycles. The number of aliphatic hydroxyl groups is 1. The van der Waals surface area contributed by atoms with Crippen molar-refractivity contribution in [2.45, 2.75) is 18.9 Å². The average molecular weight is 293 g/mol. The highest BCUT2D eigenvalue weighted by Crippen LogP contribution is 2.14. The van der Waals surface area contributed by atoms with Gasteiger partial charge < -0.3 is 25.4 Å². The summed E-state index contributed by atoms with van der Waals surface area (Å²) in [6.45, 7) is 2.94. The van der Waals surface area contributed by atoms with E-state index >= 15 is 0 Å². The van der Waals surface area contributed by atoms with E-state index in [2.05, 4.69) is 15.5 Å². The first-order valence-corrected chi connectivity index (χ1v) is 7.26. The predicted molar refractivity (Wildman–Crippen MR) is 81.7 cm³/mol. The van der Waals surface area contributed by atoms with E-state index in [1.54, 1.807) is 31.4 Å². The lowest BCUT2D eigenvalue weighted by Gasteiger charge is -2.19. The molecule has 0 saturated carbocycles. The lowest BCUT2D eigenvalue weighted by Crippen LogP contribution is -2.40. The van der Waals surface area contributed by atoms with Gasteiger partial charge in [-0.25, -0.2) is 4.79 Å². The number of nitrogens with zero attached hydrogens (tertiary/aromatic N) is 1. The molecule has 0 aromatic heterocycles. The lowest BCUT2D eigenvalue weighted by molar-refractivity contribution is 0.125. The zero-order chi connectivity index (χ0) is 15.1. The van der Waals surface area contributed by atoms with Crippen molar-refractivity contribution in [3.63, 3.8) is 0 Å². The second-order valence-electron chi connectivity index (χ2n) is 5.23. The molecular weight excluding hydrogens is 270 g/mol. The van der Waals surface area contributed by atoms with Crippen LogP contribution in [0.3, 0.4) is 0 Å². The number of carbonyl (C=O) groups is 1. The number of hydrogen-bond donors (Lipinski definition) is 3. The van der Waals surface area contributed by atoms with E-state index in [1.165, 1.54) is 12.8 Å². The molecule has 2 amide bonds. The first kappa shape index (κ1) is 15.6. The number of urea groups is 1. The van der Waals surface area contributed by atoms with Gasteiger partial charge >= 0.3 is 6.03 Å². The van der Waals surface area contributed by atoms with Gasteiger partial charge in [0.2, 0.25) is 0 Å². The number of aliphatic hydroxyl groups excluding tert-OH is 1. The van der Waals surface area contributed by atoms with Crippen molar-refractivity contribution in [2.75, 3.05) is 38.6 Å². The Balaban J connectivity index is 1.68. The van der Waals surface area contributed by atoms with Gasteiger partial charge in [0.25, 0.3) is 0 Å². The Morgan fingerprint density at radius 2 is 2.00 bits per heavy atom. The van der Waals surface area contributed by atoms with Gasteiger partial charge in [-0.05, 0) is 50.2 Å². The van der Waals surface area contributed by atoms with Crippen LogP contribution in [0.2, 0.25) is 0 Å². The number of benzene rings is 1. The number of nitrogens with one attached hydrogen (secondary N) is 2. The van der Waals surface area contributed by atoms with E-state index in [0.29, 0.717) is 12.2 Å². The van der Waals surface area contributed by atoms with Crippen LogP contribution in [0.15, 0.2) is 24.3 Å². The maximum Gasteiger partial charge on any atom is 0.319 e. The smallest absolute Gasteiger partial charge is 0.319 e. The SMILES string of the molecule is COc1ccc(NC(=O)NCC(O)CN2CCCC2)cc1. The van der Waals surface area contributed by atoms with Gasteiger partial charge in [-0.3, -0.25) is 0 Å². The number of amides is 2. The summed E-state index contributed by atoms with van der Waals surface area (Å²) in [5.41, 5.74) is 0.683. The molecule has 0 spiro atoms. The minimum atomic E-state index is -0.537. The monoisotopic (exact) mass is 293 g/mol. The second kappa shape index (κ2) is 7.85. The Labute approximate surface area is 125 Å². The molecule has 1 aromatic carbocycles. The van der Waals surface area contributed by atoms with Crippen LogP contribution in [-0.4, -0.2) is 55.4 Å². The summed E-state index contributed by atoms with van der Waals surface area (Å²) in [6, 6.07) is 6.76. The largest absolute Gasteiger partial charge is 0.497 e. The van der Waals surface area contributed by atoms with Gasteiger partial charge in [0, 0.05) is 18.8 Å². The van der Waals surface area contributed by atoms with E-state index in [1.807, 2.05) is 0 Å². The molecule has 1 fully saturated rings. The van der Waals surface area contributed by atoms with Crippen LogP contribution in [0.25, 0.3) is 0 Å².